The summed E-state index contributed by atoms with van der Waals surface area (Å²) in [5, 5.41) is 33.5. The standard InChI is InChI=1S/C29H45N9O7/c1-2-44-26(42)20-7-5-18(6-8-20)11-15-45-29(43)36-22(16-19-9-13-37(14-10-19)27(30)31)24(40)34-17-23(39)35-21-4-3-12-38(25(21)41)28(32)33/h5-8,19,21-22,25,41H,2-4,9-17H2,1H3,(H3,30,31)(H3,32,33)(H,34,40)(H,35,39)(H,36,43)/t21-,22+,25?/m0/s1. The Morgan fingerprint density at radius 2 is 1.71 bits per heavy atom. The van der Waals surface area contributed by atoms with Crippen LogP contribution >= 0.6 is 0 Å². The van der Waals surface area contributed by atoms with Crippen LogP contribution in [0.1, 0.15) is 54.9 Å². The third kappa shape index (κ3) is 10.8. The number of rotatable bonds is 12. The van der Waals surface area contributed by atoms with Crippen LogP contribution in [0.25, 0.3) is 0 Å². The number of carbonyl (C=O) groups excluding carboxylic acids is 4. The van der Waals surface area contributed by atoms with Gasteiger partial charge in [0.15, 0.2) is 11.9 Å². The van der Waals surface area contributed by atoms with Gasteiger partial charge in [0.25, 0.3) is 0 Å². The van der Waals surface area contributed by atoms with Crippen molar-refractivity contribution in [1.29, 1.82) is 10.8 Å². The van der Waals surface area contributed by atoms with Crippen molar-refractivity contribution in [2.75, 3.05) is 39.4 Å². The number of nitrogens with two attached hydrogens (primary N) is 2. The molecule has 1 unspecified atom stereocenters. The summed E-state index contributed by atoms with van der Waals surface area (Å²) in [6.45, 7) is 3.15. The number of ether oxygens (including phenoxy) is 2. The molecule has 248 valence electrons. The number of hydrogen-bond acceptors (Lipinski definition) is 9. The predicted molar refractivity (Wildman–Crippen MR) is 164 cm³/mol. The largest absolute Gasteiger partial charge is 0.462 e. The van der Waals surface area contributed by atoms with E-state index in [4.69, 9.17) is 31.8 Å². The van der Waals surface area contributed by atoms with Crippen LogP contribution in [0.3, 0.4) is 0 Å². The van der Waals surface area contributed by atoms with Gasteiger partial charge in [-0.3, -0.25) is 20.4 Å². The molecule has 10 N–H and O–H groups in total. The van der Waals surface area contributed by atoms with Crippen LogP contribution in [0.2, 0.25) is 0 Å². The number of aliphatic hydroxyl groups is 1. The molecule has 3 atom stereocenters. The summed E-state index contributed by atoms with van der Waals surface area (Å²) in [6, 6.07) is 5.10. The molecule has 0 aliphatic carbocycles. The lowest BCUT2D eigenvalue weighted by atomic mass is 9.90. The number of hydrogen-bond donors (Lipinski definition) is 8. The maximum atomic E-state index is 13.2. The van der Waals surface area contributed by atoms with E-state index >= 15 is 0 Å². The summed E-state index contributed by atoms with van der Waals surface area (Å²) >= 11 is 0. The monoisotopic (exact) mass is 631 g/mol. The topological polar surface area (TPSA) is 249 Å². The van der Waals surface area contributed by atoms with E-state index in [1.54, 1.807) is 36.1 Å². The van der Waals surface area contributed by atoms with Crippen LogP contribution in [-0.2, 0) is 25.5 Å². The van der Waals surface area contributed by atoms with Crippen LogP contribution in [0, 0.1) is 16.7 Å². The Morgan fingerprint density at radius 1 is 1.02 bits per heavy atom. The molecule has 1 aromatic rings. The lowest BCUT2D eigenvalue weighted by molar-refractivity contribution is -0.129. The first-order valence-electron chi connectivity index (χ1n) is 15.1. The molecule has 0 radical (unpaired) electrons. The highest BCUT2D eigenvalue weighted by atomic mass is 16.5. The van der Waals surface area contributed by atoms with Crippen molar-refractivity contribution >= 4 is 35.8 Å². The number of esters is 1. The molecular formula is C29H45N9O7. The van der Waals surface area contributed by atoms with Gasteiger partial charge in [-0.15, -0.1) is 0 Å². The van der Waals surface area contributed by atoms with E-state index in [9.17, 15) is 24.3 Å². The molecule has 0 spiro atoms. The maximum Gasteiger partial charge on any atom is 0.407 e. The number of piperidine rings is 2. The van der Waals surface area contributed by atoms with E-state index in [0.29, 0.717) is 63.7 Å². The van der Waals surface area contributed by atoms with Gasteiger partial charge in [-0.25, -0.2) is 9.59 Å². The molecule has 2 saturated heterocycles. The number of nitrogens with one attached hydrogen (secondary N) is 5. The minimum Gasteiger partial charge on any atom is -0.462 e. The van der Waals surface area contributed by atoms with Crippen molar-refractivity contribution in [3.8, 4) is 0 Å². The number of benzene rings is 1. The summed E-state index contributed by atoms with van der Waals surface area (Å²) in [5.74, 6) is -1.78. The fourth-order valence-corrected chi connectivity index (χ4v) is 5.38. The van der Waals surface area contributed by atoms with Crippen molar-refractivity contribution in [3.05, 3.63) is 35.4 Å². The average molecular weight is 632 g/mol. The molecule has 16 heteroatoms. The molecule has 0 bridgehead atoms. The molecule has 3 rings (SSSR count). The van der Waals surface area contributed by atoms with Gasteiger partial charge in [-0.1, -0.05) is 12.1 Å². The molecule has 2 fully saturated rings. The number of alkyl carbamates (subject to hydrolysis) is 1. The Hall–Kier alpha value is -4.60. The van der Waals surface area contributed by atoms with Gasteiger partial charge in [-0.2, -0.15) is 0 Å². The first kappa shape index (κ1) is 34.9. The van der Waals surface area contributed by atoms with Crippen LogP contribution < -0.4 is 27.4 Å². The second kappa shape index (κ2) is 17.0. The first-order chi connectivity index (χ1) is 21.5. The first-order valence-corrected chi connectivity index (χ1v) is 15.1. The zero-order valence-corrected chi connectivity index (χ0v) is 25.5. The van der Waals surface area contributed by atoms with E-state index in [1.165, 1.54) is 4.90 Å². The average Bonchev–Trinajstić information content (AvgIpc) is 3.01. The highest BCUT2D eigenvalue weighted by molar-refractivity contribution is 5.90. The Bertz CT molecular complexity index is 1200. The fourth-order valence-electron chi connectivity index (χ4n) is 5.38. The zero-order chi connectivity index (χ0) is 32.9. The van der Waals surface area contributed by atoms with Gasteiger partial charge < -0.3 is 51.8 Å². The SMILES string of the molecule is CCOC(=O)c1ccc(CCOC(=O)N[C@H](CC2CCN(C(=N)N)CC2)C(=O)NCC(=O)N[C@H]2CCCN(C(=N)N)C2O)cc1. The Kier molecular flexibility index (Phi) is 13.2. The smallest absolute Gasteiger partial charge is 0.407 e. The Labute approximate surface area is 262 Å². The summed E-state index contributed by atoms with van der Waals surface area (Å²) in [5.41, 5.74) is 12.4. The molecule has 1 aromatic carbocycles. The summed E-state index contributed by atoms with van der Waals surface area (Å²) in [7, 11) is 0. The lowest BCUT2D eigenvalue weighted by Gasteiger charge is -2.38. The maximum absolute atomic E-state index is 13.2. The number of guanidine groups is 2. The van der Waals surface area contributed by atoms with Gasteiger partial charge in [0.05, 0.1) is 31.4 Å². The van der Waals surface area contributed by atoms with Gasteiger partial charge in [0.1, 0.15) is 12.3 Å². The van der Waals surface area contributed by atoms with E-state index < -0.39 is 42.2 Å². The normalized spacial score (nSPS) is 19.2. The summed E-state index contributed by atoms with van der Waals surface area (Å²) in [6.07, 6.45) is 1.14. The van der Waals surface area contributed by atoms with Gasteiger partial charge >= 0.3 is 12.1 Å². The van der Waals surface area contributed by atoms with Crippen molar-refractivity contribution in [1.82, 2.24) is 25.8 Å². The van der Waals surface area contributed by atoms with E-state index in [-0.39, 0.29) is 37.6 Å². The van der Waals surface area contributed by atoms with Gasteiger partial charge in [-0.05, 0) is 62.6 Å². The highest BCUT2D eigenvalue weighted by Crippen LogP contribution is 2.22. The van der Waals surface area contributed by atoms with Crippen LogP contribution in [-0.4, -0.2) is 108 Å². The number of likely N-dealkylation sites (tertiary alicyclic amines) is 2. The second-order valence-electron chi connectivity index (χ2n) is 11.1. The quantitative estimate of drug-likeness (QED) is 0.0822. The number of carbonyl (C=O) groups is 4. The lowest BCUT2D eigenvalue weighted by Crippen LogP contribution is -2.59. The summed E-state index contributed by atoms with van der Waals surface area (Å²) < 4.78 is 10.3. The molecule has 0 saturated carbocycles. The minimum atomic E-state index is -1.16. The van der Waals surface area contributed by atoms with Crippen molar-refractivity contribution in [2.45, 2.75) is 63.8 Å². The fraction of sp³-hybridized carbons (Fsp3) is 0.586. The molecule has 45 heavy (non-hydrogen) atoms. The third-order valence-corrected chi connectivity index (χ3v) is 7.89. The van der Waals surface area contributed by atoms with E-state index in [2.05, 4.69) is 16.0 Å². The summed E-state index contributed by atoms with van der Waals surface area (Å²) in [4.78, 5) is 53.4. The van der Waals surface area contributed by atoms with Crippen molar-refractivity contribution < 1.29 is 33.8 Å². The molecule has 2 aliphatic heterocycles. The molecule has 2 heterocycles. The van der Waals surface area contributed by atoms with Gasteiger partial charge in [0, 0.05) is 26.1 Å². The molecular weight excluding hydrogens is 586 g/mol. The zero-order valence-electron chi connectivity index (χ0n) is 25.5. The molecule has 2 aliphatic rings. The van der Waals surface area contributed by atoms with Crippen LogP contribution in [0.15, 0.2) is 24.3 Å². The number of amides is 3. The highest BCUT2D eigenvalue weighted by Gasteiger charge is 2.32. The Balaban J connectivity index is 1.53. The van der Waals surface area contributed by atoms with Crippen molar-refractivity contribution in [3.63, 3.8) is 0 Å². The molecule has 3 amide bonds. The molecule has 16 nitrogen and oxygen atoms in total. The van der Waals surface area contributed by atoms with Crippen LogP contribution in [0.5, 0.6) is 0 Å². The van der Waals surface area contributed by atoms with E-state index in [0.717, 1.165) is 5.56 Å². The minimum absolute atomic E-state index is 0.0134. The van der Waals surface area contributed by atoms with Crippen LogP contribution in [0.4, 0.5) is 4.79 Å². The predicted octanol–water partition coefficient (Wildman–Crippen LogP) is -0.595. The van der Waals surface area contributed by atoms with E-state index in [1.807, 2.05) is 0 Å². The third-order valence-electron chi connectivity index (χ3n) is 7.89. The Morgan fingerprint density at radius 3 is 2.33 bits per heavy atom. The van der Waals surface area contributed by atoms with Crippen molar-refractivity contribution in [2.24, 2.45) is 17.4 Å². The van der Waals surface area contributed by atoms with Gasteiger partial charge in [0.2, 0.25) is 11.8 Å². The second-order valence-corrected chi connectivity index (χ2v) is 11.1. The number of nitrogens with zero attached hydrogens (tertiary/aromatic N) is 2. The molecule has 0 aromatic heterocycles. The number of aliphatic hydroxyl groups excluding tert-OH is 1.